The summed E-state index contributed by atoms with van der Waals surface area (Å²) in [7, 11) is 0. The van der Waals surface area contributed by atoms with Crippen molar-refractivity contribution in [2.45, 2.75) is 12.5 Å². The lowest BCUT2D eigenvalue weighted by atomic mass is 10.1. The molecule has 1 aromatic heterocycles. The molecule has 0 spiro atoms. The van der Waals surface area contributed by atoms with Crippen molar-refractivity contribution in [1.29, 1.82) is 0 Å². The van der Waals surface area contributed by atoms with Crippen molar-refractivity contribution in [2.75, 3.05) is 19.6 Å². The first-order valence-electron chi connectivity index (χ1n) is 5.85. The predicted octanol–water partition coefficient (Wildman–Crippen LogP) is 1.35. The second kappa shape index (κ2) is 6.12. The normalized spacial score (nSPS) is 13.1. The van der Waals surface area contributed by atoms with Crippen molar-refractivity contribution in [3.8, 4) is 0 Å². The van der Waals surface area contributed by atoms with Crippen LogP contribution in [0.15, 0.2) is 29.6 Å². The van der Waals surface area contributed by atoms with E-state index in [9.17, 15) is 5.11 Å². The number of hydrogen-bond donors (Lipinski definition) is 3. The molecule has 1 aromatic carbocycles. The largest absolute Gasteiger partial charge is 0.390 e. The standard InChI is InChI=1S/C13H18N2OS/c14-7-11(16)8-15-6-5-10-9-17-13-4-2-1-3-12(10)13/h1-4,9,11,15-16H,5-8,14H2. The second-order valence-corrected chi connectivity index (χ2v) is 5.01. The van der Waals surface area contributed by atoms with Crippen molar-refractivity contribution in [2.24, 2.45) is 5.73 Å². The Balaban J connectivity index is 1.87. The summed E-state index contributed by atoms with van der Waals surface area (Å²) in [6.07, 6.45) is 0.551. The van der Waals surface area contributed by atoms with Crippen molar-refractivity contribution < 1.29 is 5.11 Å². The van der Waals surface area contributed by atoms with Crippen LogP contribution in [0.25, 0.3) is 10.1 Å². The molecule has 4 N–H and O–H groups in total. The Bertz CT molecular complexity index is 469. The molecule has 0 aliphatic carbocycles. The molecule has 92 valence electrons. The highest BCUT2D eigenvalue weighted by Crippen LogP contribution is 2.25. The van der Waals surface area contributed by atoms with Crippen LogP contribution in [-0.4, -0.2) is 30.8 Å². The third kappa shape index (κ3) is 3.26. The topological polar surface area (TPSA) is 58.3 Å². The third-order valence-corrected chi connectivity index (χ3v) is 3.80. The highest BCUT2D eigenvalue weighted by atomic mass is 32.1. The molecule has 1 atom stereocenters. The SMILES string of the molecule is NCC(O)CNCCc1csc2ccccc12. The Morgan fingerprint density at radius 2 is 2.18 bits per heavy atom. The van der Waals surface area contributed by atoms with Crippen LogP contribution in [0.5, 0.6) is 0 Å². The smallest absolute Gasteiger partial charge is 0.0786 e. The van der Waals surface area contributed by atoms with E-state index in [1.807, 2.05) is 0 Å². The first kappa shape index (κ1) is 12.5. The minimum absolute atomic E-state index is 0.314. The number of aliphatic hydroxyl groups excluding tert-OH is 1. The molecule has 0 bridgehead atoms. The van der Waals surface area contributed by atoms with Crippen LogP contribution in [-0.2, 0) is 6.42 Å². The summed E-state index contributed by atoms with van der Waals surface area (Å²) in [5.74, 6) is 0. The molecule has 3 nitrogen and oxygen atoms in total. The quantitative estimate of drug-likeness (QED) is 0.678. The van der Waals surface area contributed by atoms with E-state index in [0.29, 0.717) is 13.1 Å². The zero-order chi connectivity index (χ0) is 12.1. The van der Waals surface area contributed by atoms with Crippen LogP contribution in [0.4, 0.5) is 0 Å². The van der Waals surface area contributed by atoms with Gasteiger partial charge in [-0.2, -0.15) is 0 Å². The molecule has 0 amide bonds. The van der Waals surface area contributed by atoms with Crippen LogP contribution in [0.3, 0.4) is 0 Å². The van der Waals surface area contributed by atoms with Gasteiger partial charge < -0.3 is 16.2 Å². The van der Waals surface area contributed by atoms with Gasteiger partial charge in [0.05, 0.1) is 6.10 Å². The second-order valence-electron chi connectivity index (χ2n) is 4.10. The first-order chi connectivity index (χ1) is 8.31. The van der Waals surface area contributed by atoms with E-state index in [0.717, 1.165) is 13.0 Å². The van der Waals surface area contributed by atoms with Gasteiger partial charge in [0.1, 0.15) is 0 Å². The van der Waals surface area contributed by atoms with Crippen LogP contribution < -0.4 is 11.1 Å². The maximum Gasteiger partial charge on any atom is 0.0786 e. The molecule has 0 saturated heterocycles. The lowest BCUT2D eigenvalue weighted by molar-refractivity contribution is 0.180. The van der Waals surface area contributed by atoms with E-state index in [4.69, 9.17) is 5.73 Å². The predicted molar refractivity (Wildman–Crippen MR) is 73.5 cm³/mol. The molecule has 2 aromatic rings. The lowest BCUT2D eigenvalue weighted by Gasteiger charge is -2.08. The van der Waals surface area contributed by atoms with Crippen molar-refractivity contribution in [3.05, 3.63) is 35.2 Å². The fourth-order valence-electron chi connectivity index (χ4n) is 1.80. The van der Waals surface area contributed by atoms with Crippen molar-refractivity contribution in [3.63, 3.8) is 0 Å². The maximum absolute atomic E-state index is 9.30. The Labute approximate surface area is 105 Å². The molecule has 0 saturated carbocycles. The van der Waals surface area contributed by atoms with Crippen molar-refractivity contribution in [1.82, 2.24) is 5.32 Å². The van der Waals surface area contributed by atoms with Gasteiger partial charge in [-0.25, -0.2) is 0 Å². The Hall–Kier alpha value is -0.940. The summed E-state index contributed by atoms with van der Waals surface area (Å²) in [6.45, 7) is 1.75. The zero-order valence-corrected chi connectivity index (χ0v) is 10.5. The molecule has 1 heterocycles. The van der Waals surface area contributed by atoms with Gasteiger partial charge >= 0.3 is 0 Å². The Morgan fingerprint density at radius 1 is 1.35 bits per heavy atom. The van der Waals surface area contributed by atoms with E-state index in [2.05, 4.69) is 35.0 Å². The average molecular weight is 250 g/mol. The van der Waals surface area contributed by atoms with Gasteiger partial charge in [-0.1, -0.05) is 18.2 Å². The van der Waals surface area contributed by atoms with Crippen LogP contribution >= 0.6 is 11.3 Å². The summed E-state index contributed by atoms with van der Waals surface area (Å²) in [6, 6.07) is 8.45. The first-order valence-corrected chi connectivity index (χ1v) is 6.73. The number of nitrogens with one attached hydrogen (secondary N) is 1. The number of fused-ring (bicyclic) bond motifs is 1. The highest BCUT2D eigenvalue weighted by Gasteiger charge is 2.03. The van der Waals surface area contributed by atoms with E-state index >= 15 is 0 Å². The van der Waals surface area contributed by atoms with E-state index < -0.39 is 6.10 Å². The van der Waals surface area contributed by atoms with Crippen LogP contribution in [0, 0.1) is 0 Å². The number of rotatable bonds is 6. The summed E-state index contributed by atoms with van der Waals surface area (Å²) >= 11 is 1.79. The lowest BCUT2D eigenvalue weighted by Crippen LogP contribution is -2.33. The molecule has 0 fully saturated rings. The van der Waals surface area contributed by atoms with Crippen molar-refractivity contribution >= 4 is 21.4 Å². The molecule has 4 heteroatoms. The molecule has 1 unspecified atom stereocenters. The van der Waals surface area contributed by atoms with Crippen LogP contribution in [0.1, 0.15) is 5.56 Å². The Kier molecular flexibility index (Phi) is 4.50. The van der Waals surface area contributed by atoms with E-state index in [1.165, 1.54) is 15.6 Å². The molecule has 17 heavy (non-hydrogen) atoms. The highest BCUT2D eigenvalue weighted by molar-refractivity contribution is 7.17. The van der Waals surface area contributed by atoms with E-state index in [-0.39, 0.29) is 0 Å². The summed E-state index contributed by atoms with van der Waals surface area (Å²) in [4.78, 5) is 0. The number of thiophene rings is 1. The fourth-order valence-corrected chi connectivity index (χ4v) is 2.80. The summed E-state index contributed by atoms with van der Waals surface area (Å²) in [5, 5.41) is 16.1. The van der Waals surface area contributed by atoms with Gasteiger partial charge in [-0.3, -0.25) is 0 Å². The monoisotopic (exact) mass is 250 g/mol. The summed E-state index contributed by atoms with van der Waals surface area (Å²) < 4.78 is 1.34. The maximum atomic E-state index is 9.30. The number of nitrogens with two attached hydrogens (primary N) is 1. The number of hydrogen-bond acceptors (Lipinski definition) is 4. The number of benzene rings is 1. The molecule has 0 aliphatic rings. The van der Waals surface area contributed by atoms with Gasteiger partial charge in [0, 0.05) is 17.8 Å². The molecule has 2 rings (SSSR count). The zero-order valence-electron chi connectivity index (χ0n) is 9.73. The molecular weight excluding hydrogens is 232 g/mol. The fraction of sp³-hybridized carbons (Fsp3) is 0.385. The van der Waals surface area contributed by atoms with Crippen LogP contribution in [0.2, 0.25) is 0 Å². The van der Waals surface area contributed by atoms with Gasteiger partial charge in [0.15, 0.2) is 0 Å². The molecular formula is C13H18N2OS. The minimum Gasteiger partial charge on any atom is -0.390 e. The minimum atomic E-state index is -0.436. The third-order valence-electron chi connectivity index (χ3n) is 2.78. The van der Waals surface area contributed by atoms with Gasteiger partial charge in [0.2, 0.25) is 0 Å². The van der Waals surface area contributed by atoms with Gasteiger partial charge in [-0.15, -0.1) is 11.3 Å². The average Bonchev–Trinajstić information content (AvgIpc) is 2.78. The Morgan fingerprint density at radius 3 is 3.00 bits per heavy atom. The van der Waals surface area contributed by atoms with Gasteiger partial charge in [-0.05, 0) is 35.4 Å². The molecule has 0 aliphatic heterocycles. The summed E-state index contributed by atoms with van der Waals surface area (Å²) in [5.41, 5.74) is 6.71. The number of aliphatic hydroxyl groups is 1. The molecule has 0 radical (unpaired) electrons. The van der Waals surface area contributed by atoms with E-state index in [1.54, 1.807) is 11.3 Å². The van der Waals surface area contributed by atoms with Gasteiger partial charge in [0.25, 0.3) is 0 Å².